The lowest BCUT2D eigenvalue weighted by atomic mass is 9.90. The van der Waals surface area contributed by atoms with Gasteiger partial charge in [-0.2, -0.15) is 13.2 Å². The van der Waals surface area contributed by atoms with Crippen molar-refractivity contribution < 1.29 is 36.6 Å². The number of nitrogens with zero attached hydrogens (tertiary/aromatic N) is 1. The van der Waals surface area contributed by atoms with Gasteiger partial charge in [0.2, 0.25) is 0 Å². The summed E-state index contributed by atoms with van der Waals surface area (Å²) in [7, 11) is 1.39. The average molecular weight is 650 g/mol. The van der Waals surface area contributed by atoms with Crippen molar-refractivity contribution >= 4 is 33.6 Å². The van der Waals surface area contributed by atoms with Gasteiger partial charge < -0.3 is 20.3 Å². The van der Waals surface area contributed by atoms with Crippen LogP contribution in [0.1, 0.15) is 39.4 Å². The zero-order valence-electron chi connectivity index (χ0n) is 24.9. The molecule has 0 spiro atoms. The minimum Gasteiger partial charge on any atom is -0.480 e. The first-order valence-electron chi connectivity index (χ1n) is 14.8. The number of aliphatic carboxylic acids is 1. The van der Waals surface area contributed by atoms with E-state index in [1.54, 1.807) is 6.07 Å². The third kappa shape index (κ3) is 5.85. The van der Waals surface area contributed by atoms with Crippen LogP contribution in [-0.2, 0) is 24.4 Å². The molecule has 1 amide bonds. The van der Waals surface area contributed by atoms with Gasteiger partial charge in [-0.25, -0.2) is 13.6 Å². The van der Waals surface area contributed by atoms with Gasteiger partial charge >= 0.3 is 12.1 Å². The van der Waals surface area contributed by atoms with Gasteiger partial charge in [-0.05, 0) is 64.5 Å². The number of fused-ring (bicyclic) bond motifs is 2. The number of halogens is 5. The van der Waals surface area contributed by atoms with Crippen LogP contribution in [-0.4, -0.2) is 40.7 Å². The molecule has 1 unspecified atom stereocenters. The number of alkyl halides is 3. The molecule has 1 fully saturated rings. The Balaban J connectivity index is 1.39. The normalized spacial score (nSPS) is 15.7. The van der Waals surface area contributed by atoms with Crippen molar-refractivity contribution in [2.45, 2.75) is 31.0 Å². The smallest absolute Gasteiger partial charge is 0.417 e. The van der Waals surface area contributed by atoms with Crippen molar-refractivity contribution in [2.75, 3.05) is 13.1 Å². The number of nitrogens with one attached hydrogen (secondary N) is 2. The molecular weight excluding hydrogens is 621 g/mol. The SMILES string of the molecule is Cn1c(=O)c(-c2cccc3c(C[C@H](NC(=O)c4c(F)cc(C5CCNC5)cc4F)C(=O)O)cccc23)c(C(F)(F)F)c2ccccc21. The number of carbonyl (C=O) groups is 2. The first-order valence-corrected chi connectivity index (χ1v) is 14.8. The second-order valence-corrected chi connectivity index (χ2v) is 11.6. The van der Waals surface area contributed by atoms with Gasteiger partial charge in [0.05, 0.1) is 16.6 Å². The molecule has 5 aromatic rings. The van der Waals surface area contributed by atoms with E-state index in [0.29, 0.717) is 36.0 Å². The van der Waals surface area contributed by atoms with E-state index in [9.17, 15) is 32.7 Å². The molecule has 47 heavy (non-hydrogen) atoms. The number of aryl methyl sites for hydroxylation is 1. The third-order valence-corrected chi connectivity index (χ3v) is 8.72. The molecule has 1 aliphatic rings. The van der Waals surface area contributed by atoms with E-state index in [1.807, 2.05) is 0 Å². The van der Waals surface area contributed by atoms with E-state index in [4.69, 9.17) is 0 Å². The summed E-state index contributed by atoms with van der Waals surface area (Å²) in [6.45, 7) is 1.22. The van der Waals surface area contributed by atoms with Crippen LogP contribution in [0.5, 0.6) is 0 Å². The number of carboxylic acid groups (broad SMARTS) is 1. The van der Waals surface area contributed by atoms with E-state index >= 15 is 8.78 Å². The Bertz CT molecular complexity index is 2100. The van der Waals surface area contributed by atoms with Crippen molar-refractivity contribution in [1.29, 1.82) is 0 Å². The number of amides is 1. The molecule has 0 radical (unpaired) electrons. The lowest BCUT2D eigenvalue weighted by molar-refractivity contribution is -0.139. The van der Waals surface area contributed by atoms with Crippen LogP contribution in [0.2, 0.25) is 0 Å². The van der Waals surface area contributed by atoms with Crippen LogP contribution >= 0.6 is 0 Å². The second-order valence-electron chi connectivity index (χ2n) is 11.6. The minimum atomic E-state index is -4.89. The Morgan fingerprint density at radius 2 is 1.64 bits per heavy atom. The number of rotatable bonds is 7. The van der Waals surface area contributed by atoms with Crippen molar-refractivity contribution in [1.82, 2.24) is 15.2 Å². The Kier molecular flexibility index (Phi) is 8.31. The van der Waals surface area contributed by atoms with Crippen LogP contribution in [0, 0.1) is 11.6 Å². The van der Waals surface area contributed by atoms with Crippen LogP contribution in [0.4, 0.5) is 22.0 Å². The zero-order chi connectivity index (χ0) is 33.6. The summed E-state index contributed by atoms with van der Waals surface area (Å²) < 4.78 is 75.0. The molecule has 4 aromatic carbocycles. The highest BCUT2D eigenvalue weighted by molar-refractivity contribution is 6.02. The van der Waals surface area contributed by atoms with Crippen molar-refractivity contribution in [2.24, 2.45) is 7.05 Å². The van der Waals surface area contributed by atoms with Gasteiger partial charge in [0.25, 0.3) is 11.5 Å². The molecule has 6 rings (SSSR count). The number of hydrogen-bond acceptors (Lipinski definition) is 4. The van der Waals surface area contributed by atoms with Gasteiger partial charge in [-0.1, -0.05) is 54.6 Å². The van der Waals surface area contributed by atoms with Crippen LogP contribution < -0.4 is 16.2 Å². The molecule has 2 heterocycles. The number of carboxylic acids is 1. The van der Waals surface area contributed by atoms with E-state index < -0.39 is 58.0 Å². The number of hydrogen-bond donors (Lipinski definition) is 3. The topological polar surface area (TPSA) is 100 Å². The predicted octanol–water partition coefficient (Wildman–Crippen LogP) is 6.16. The van der Waals surface area contributed by atoms with Gasteiger partial charge in [0, 0.05) is 25.4 Å². The Morgan fingerprint density at radius 3 is 2.30 bits per heavy atom. The highest BCUT2D eigenvalue weighted by atomic mass is 19.4. The molecule has 12 heteroatoms. The monoisotopic (exact) mass is 649 g/mol. The lowest BCUT2D eigenvalue weighted by Gasteiger charge is -2.20. The third-order valence-electron chi connectivity index (χ3n) is 8.72. The van der Waals surface area contributed by atoms with E-state index in [-0.39, 0.29) is 34.2 Å². The van der Waals surface area contributed by atoms with Gasteiger partial charge in [0.15, 0.2) is 0 Å². The average Bonchev–Trinajstić information content (AvgIpc) is 3.57. The molecular formula is C35H28F5N3O4. The van der Waals surface area contributed by atoms with E-state index in [2.05, 4.69) is 10.6 Å². The van der Waals surface area contributed by atoms with Gasteiger partial charge in [-0.15, -0.1) is 0 Å². The molecule has 0 saturated carbocycles. The zero-order valence-corrected chi connectivity index (χ0v) is 24.9. The quantitative estimate of drug-likeness (QED) is 0.184. The Labute approximate surface area is 264 Å². The highest BCUT2D eigenvalue weighted by Gasteiger charge is 2.38. The Morgan fingerprint density at radius 1 is 0.979 bits per heavy atom. The standard InChI is InChI=1S/C35H28F5N3O4/c1-43-28-11-3-2-7-24(28)31(35(38,39)40)29(33(43)45)23-10-5-8-21-18(6-4-9-22(21)23)16-27(34(46)47)42-32(44)30-25(36)14-20(15-26(30)37)19-12-13-41-17-19/h2-11,14-15,19,27,41H,12-13,16-17H2,1H3,(H,42,44)(H,46,47)/t19?,27-/m0/s1. The summed E-state index contributed by atoms with van der Waals surface area (Å²) in [5.74, 6) is -5.13. The van der Waals surface area contributed by atoms with Crippen molar-refractivity contribution in [3.8, 4) is 11.1 Å². The summed E-state index contributed by atoms with van der Waals surface area (Å²) >= 11 is 0. The fourth-order valence-corrected chi connectivity index (χ4v) is 6.45. The fourth-order valence-electron chi connectivity index (χ4n) is 6.45. The molecule has 1 aromatic heterocycles. The summed E-state index contributed by atoms with van der Waals surface area (Å²) in [6.07, 6.45) is -4.60. The molecule has 0 aliphatic carbocycles. The first kappa shape index (κ1) is 31.9. The van der Waals surface area contributed by atoms with Gasteiger partial charge in [-0.3, -0.25) is 9.59 Å². The highest BCUT2D eigenvalue weighted by Crippen LogP contribution is 2.42. The lowest BCUT2D eigenvalue weighted by Crippen LogP contribution is -2.43. The molecule has 0 bridgehead atoms. The molecule has 3 N–H and O–H groups in total. The van der Waals surface area contributed by atoms with Crippen LogP contribution in [0.25, 0.3) is 32.8 Å². The second kappa shape index (κ2) is 12.3. The fraction of sp³-hybridized carbons (Fsp3) is 0.229. The molecule has 1 saturated heterocycles. The van der Waals surface area contributed by atoms with Gasteiger partial charge in [0.1, 0.15) is 23.2 Å². The predicted molar refractivity (Wildman–Crippen MR) is 166 cm³/mol. The summed E-state index contributed by atoms with van der Waals surface area (Å²) in [5, 5.41) is 15.7. The maximum atomic E-state index is 15.0. The van der Waals surface area contributed by atoms with Crippen LogP contribution in [0.3, 0.4) is 0 Å². The number of pyridine rings is 1. The number of para-hydroxylation sites is 1. The molecule has 7 nitrogen and oxygen atoms in total. The van der Waals surface area contributed by atoms with E-state index in [0.717, 1.165) is 16.7 Å². The summed E-state index contributed by atoms with van der Waals surface area (Å²) in [6, 6.07) is 15.1. The number of benzene rings is 4. The number of aromatic nitrogens is 1. The Hall–Kier alpha value is -5.10. The number of carbonyl (C=O) groups excluding carboxylic acids is 1. The summed E-state index contributed by atoms with van der Waals surface area (Å²) in [5.41, 5.74) is -2.66. The van der Waals surface area contributed by atoms with Crippen molar-refractivity contribution in [3.63, 3.8) is 0 Å². The maximum Gasteiger partial charge on any atom is 0.417 e. The minimum absolute atomic E-state index is 0.0133. The summed E-state index contributed by atoms with van der Waals surface area (Å²) in [4.78, 5) is 38.8. The molecule has 242 valence electrons. The molecule has 1 aliphatic heterocycles. The molecule has 2 atom stereocenters. The maximum absolute atomic E-state index is 15.0. The largest absolute Gasteiger partial charge is 0.480 e. The van der Waals surface area contributed by atoms with E-state index in [1.165, 1.54) is 61.6 Å². The van der Waals surface area contributed by atoms with Crippen molar-refractivity contribution in [3.05, 3.63) is 117 Å². The van der Waals surface area contributed by atoms with Crippen LogP contribution in [0.15, 0.2) is 77.6 Å². The first-order chi connectivity index (χ1) is 22.4.